The molecule has 0 N–H and O–H groups in total. The summed E-state index contributed by atoms with van der Waals surface area (Å²) in [6, 6.07) is 11.2. The quantitative estimate of drug-likeness (QED) is 0.778. The number of halogens is 1. The van der Waals surface area contributed by atoms with Gasteiger partial charge in [-0.2, -0.15) is 0 Å². The van der Waals surface area contributed by atoms with Crippen LogP contribution in [0.2, 0.25) is 5.02 Å². The molecular weight excluding hydrogens is 286 g/mol. The molecule has 2 rings (SSSR count). The second kappa shape index (κ2) is 6.64. The Balaban J connectivity index is 2.08. The van der Waals surface area contributed by atoms with E-state index < -0.39 is 0 Å². The molecule has 0 saturated carbocycles. The summed E-state index contributed by atoms with van der Waals surface area (Å²) in [5.74, 6) is 1.49. The maximum absolute atomic E-state index is 11.9. The van der Waals surface area contributed by atoms with Crippen LogP contribution in [0.25, 0.3) is 11.3 Å². The van der Waals surface area contributed by atoms with Gasteiger partial charge in [-0.15, -0.1) is 0 Å². The summed E-state index contributed by atoms with van der Waals surface area (Å²) in [5.41, 5.74) is 1.94. The van der Waals surface area contributed by atoms with Gasteiger partial charge in [0.2, 0.25) is 5.91 Å². The fourth-order valence-corrected chi connectivity index (χ4v) is 2.03. The predicted octanol–water partition coefficient (Wildman–Crippen LogP) is 4.52. The highest BCUT2D eigenvalue weighted by molar-refractivity contribution is 6.30. The molecule has 3 nitrogen and oxygen atoms in total. The largest absolute Gasteiger partial charge is 0.459 e. The van der Waals surface area contributed by atoms with Crippen molar-refractivity contribution in [3.8, 4) is 11.3 Å². The number of benzene rings is 1. The van der Waals surface area contributed by atoms with E-state index in [2.05, 4.69) is 0 Å². The fraction of sp³-hybridized carbons (Fsp3) is 0.235. The standard InChI is InChI=1S/C17H18ClNO2/c1-12(2)10-17(20)19(3)11-15-8-9-16(21-15)13-4-6-14(18)7-5-13/h4-10H,11H2,1-3H3. The Kier molecular flexibility index (Phi) is 4.86. The van der Waals surface area contributed by atoms with E-state index in [1.165, 1.54) is 0 Å². The number of hydrogen-bond donors (Lipinski definition) is 0. The number of amides is 1. The Morgan fingerprint density at radius 3 is 2.48 bits per heavy atom. The van der Waals surface area contributed by atoms with Gasteiger partial charge in [0.25, 0.3) is 0 Å². The Morgan fingerprint density at radius 2 is 1.86 bits per heavy atom. The van der Waals surface area contributed by atoms with Crippen LogP contribution < -0.4 is 0 Å². The highest BCUT2D eigenvalue weighted by atomic mass is 35.5. The van der Waals surface area contributed by atoms with Crippen molar-refractivity contribution in [2.24, 2.45) is 0 Å². The molecule has 1 amide bonds. The summed E-state index contributed by atoms with van der Waals surface area (Å²) in [6.45, 7) is 4.24. The Morgan fingerprint density at radius 1 is 1.19 bits per heavy atom. The number of carbonyl (C=O) groups excluding carboxylic acids is 1. The van der Waals surface area contributed by atoms with Crippen LogP contribution in [0, 0.1) is 0 Å². The molecule has 0 atom stereocenters. The maximum Gasteiger partial charge on any atom is 0.246 e. The van der Waals surface area contributed by atoms with Gasteiger partial charge in [-0.05, 0) is 50.2 Å². The van der Waals surface area contributed by atoms with E-state index in [0.29, 0.717) is 11.6 Å². The van der Waals surface area contributed by atoms with Crippen LogP contribution in [0.15, 0.2) is 52.5 Å². The molecule has 1 aromatic carbocycles. The van der Waals surface area contributed by atoms with Crippen molar-refractivity contribution < 1.29 is 9.21 Å². The van der Waals surface area contributed by atoms with Gasteiger partial charge in [0, 0.05) is 23.7 Å². The molecule has 4 heteroatoms. The molecule has 0 spiro atoms. The lowest BCUT2D eigenvalue weighted by Crippen LogP contribution is -2.24. The van der Waals surface area contributed by atoms with Gasteiger partial charge in [0.15, 0.2) is 0 Å². The van der Waals surface area contributed by atoms with E-state index >= 15 is 0 Å². The summed E-state index contributed by atoms with van der Waals surface area (Å²) in [4.78, 5) is 13.5. The highest BCUT2D eigenvalue weighted by Crippen LogP contribution is 2.24. The predicted molar refractivity (Wildman–Crippen MR) is 85.1 cm³/mol. The van der Waals surface area contributed by atoms with Crippen molar-refractivity contribution in [2.45, 2.75) is 20.4 Å². The maximum atomic E-state index is 11.9. The minimum atomic E-state index is -0.0283. The third kappa shape index (κ3) is 4.23. The van der Waals surface area contributed by atoms with Crippen molar-refractivity contribution in [2.75, 3.05) is 7.05 Å². The number of hydrogen-bond acceptors (Lipinski definition) is 2. The molecule has 0 aliphatic carbocycles. The zero-order valence-electron chi connectivity index (χ0n) is 12.4. The van der Waals surface area contributed by atoms with Crippen molar-refractivity contribution in [1.29, 1.82) is 0 Å². The van der Waals surface area contributed by atoms with E-state index in [4.69, 9.17) is 16.0 Å². The number of allylic oxidation sites excluding steroid dienone is 1. The van der Waals surface area contributed by atoms with Crippen molar-refractivity contribution in [3.05, 3.63) is 58.8 Å². The Hall–Kier alpha value is -2.00. The van der Waals surface area contributed by atoms with Gasteiger partial charge in [-0.1, -0.05) is 17.2 Å². The van der Waals surface area contributed by atoms with Crippen molar-refractivity contribution in [3.63, 3.8) is 0 Å². The summed E-state index contributed by atoms with van der Waals surface area (Å²) in [6.07, 6.45) is 1.61. The third-order valence-electron chi connectivity index (χ3n) is 2.97. The zero-order chi connectivity index (χ0) is 15.4. The zero-order valence-corrected chi connectivity index (χ0v) is 13.1. The molecule has 1 heterocycles. The lowest BCUT2D eigenvalue weighted by Gasteiger charge is -2.13. The van der Waals surface area contributed by atoms with Crippen molar-refractivity contribution >= 4 is 17.5 Å². The first-order valence-electron chi connectivity index (χ1n) is 6.70. The van der Waals surface area contributed by atoms with E-state index in [0.717, 1.165) is 22.7 Å². The van der Waals surface area contributed by atoms with Gasteiger partial charge < -0.3 is 9.32 Å². The molecule has 0 unspecified atom stereocenters. The summed E-state index contributed by atoms with van der Waals surface area (Å²) < 4.78 is 5.78. The van der Waals surface area contributed by atoms with E-state index in [1.54, 1.807) is 18.0 Å². The second-order valence-electron chi connectivity index (χ2n) is 5.19. The van der Waals surface area contributed by atoms with Crippen LogP contribution in [-0.2, 0) is 11.3 Å². The first kappa shape index (κ1) is 15.4. The molecular formula is C17H18ClNO2. The molecule has 0 fully saturated rings. The fourth-order valence-electron chi connectivity index (χ4n) is 1.90. The molecule has 1 aromatic heterocycles. The number of carbonyl (C=O) groups is 1. The van der Waals surface area contributed by atoms with Crippen LogP contribution in [0.4, 0.5) is 0 Å². The number of furan rings is 1. The normalized spacial score (nSPS) is 10.3. The number of rotatable bonds is 4. The molecule has 110 valence electrons. The molecule has 21 heavy (non-hydrogen) atoms. The SMILES string of the molecule is CC(C)=CC(=O)N(C)Cc1ccc(-c2ccc(Cl)cc2)o1. The topological polar surface area (TPSA) is 33.5 Å². The molecule has 0 radical (unpaired) electrons. The first-order valence-corrected chi connectivity index (χ1v) is 7.08. The van der Waals surface area contributed by atoms with Gasteiger partial charge in [0.05, 0.1) is 6.54 Å². The average Bonchev–Trinajstić information content (AvgIpc) is 2.87. The summed E-state index contributed by atoms with van der Waals surface area (Å²) >= 11 is 5.87. The van der Waals surface area contributed by atoms with Crippen LogP contribution >= 0.6 is 11.6 Å². The number of likely N-dealkylation sites (N-methyl/N-ethyl adjacent to an activating group) is 1. The Bertz CT molecular complexity index is 652. The van der Waals surface area contributed by atoms with E-state index in [1.807, 2.05) is 50.2 Å². The van der Waals surface area contributed by atoms with Gasteiger partial charge in [-0.3, -0.25) is 4.79 Å². The molecule has 0 aliphatic heterocycles. The van der Waals surface area contributed by atoms with Crippen LogP contribution in [-0.4, -0.2) is 17.9 Å². The summed E-state index contributed by atoms with van der Waals surface area (Å²) in [5, 5.41) is 0.692. The minimum Gasteiger partial charge on any atom is -0.459 e. The first-order chi connectivity index (χ1) is 9.95. The van der Waals surface area contributed by atoms with Gasteiger partial charge in [0.1, 0.15) is 11.5 Å². The molecule has 0 bridgehead atoms. The smallest absolute Gasteiger partial charge is 0.246 e. The van der Waals surface area contributed by atoms with Crippen LogP contribution in [0.1, 0.15) is 19.6 Å². The van der Waals surface area contributed by atoms with E-state index in [9.17, 15) is 4.79 Å². The van der Waals surface area contributed by atoms with E-state index in [-0.39, 0.29) is 5.91 Å². The third-order valence-corrected chi connectivity index (χ3v) is 3.22. The van der Waals surface area contributed by atoms with Gasteiger partial charge in [-0.25, -0.2) is 0 Å². The average molecular weight is 304 g/mol. The van der Waals surface area contributed by atoms with Crippen LogP contribution in [0.3, 0.4) is 0 Å². The second-order valence-corrected chi connectivity index (χ2v) is 5.63. The molecule has 0 saturated heterocycles. The van der Waals surface area contributed by atoms with Crippen LogP contribution in [0.5, 0.6) is 0 Å². The monoisotopic (exact) mass is 303 g/mol. The lowest BCUT2D eigenvalue weighted by atomic mass is 10.2. The highest BCUT2D eigenvalue weighted by Gasteiger charge is 2.10. The van der Waals surface area contributed by atoms with Crippen molar-refractivity contribution in [1.82, 2.24) is 4.90 Å². The summed E-state index contributed by atoms with van der Waals surface area (Å²) in [7, 11) is 1.76. The minimum absolute atomic E-state index is 0.0283. The molecule has 2 aromatic rings. The molecule has 0 aliphatic rings. The van der Waals surface area contributed by atoms with Gasteiger partial charge >= 0.3 is 0 Å². The Labute approximate surface area is 129 Å². The lowest BCUT2D eigenvalue weighted by molar-refractivity contribution is -0.125. The number of nitrogens with zero attached hydrogens (tertiary/aromatic N) is 1.